The Kier molecular flexibility index (Phi) is 9.14. The molecule has 1 aliphatic carbocycles. The summed E-state index contributed by atoms with van der Waals surface area (Å²) >= 11 is 0. The number of hydrogen-bond acceptors (Lipinski definition) is 8. The van der Waals surface area contributed by atoms with Crippen LogP contribution in [0.3, 0.4) is 0 Å². The molecule has 39 heavy (non-hydrogen) atoms. The number of fused-ring (bicyclic) bond motifs is 4. The lowest BCUT2D eigenvalue weighted by atomic mass is 10.1. The van der Waals surface area contributed by atoms with E-state index in [0.717, 1.165) is 48.7 Å². The highest BCUT2D eigenvalue weighted by molar-refractivity contribution is 8.19. The zero-order chi connectivity index (χ0) is 28.2. The third kappa shape index (κ3) is 7.27. The van der Waals surface area contributed by atoms with Gasteiger partial charge in [0.2, 0.25) is 5.36 Å². The third-order valence-electron chi connectivity index (χ3n) is 6.68. The molecule has 4 rings (SSSR count). The number of hydrogen-bond donors (Lipinski definition) is 5. The Balaban J connectivity index is 1.83. The van der Waals surface area contributed by atoms with E-state index in [1.807, 2.05) is 35.8 Å². The molecule has 2 aromatic carbocycles. The summed E-state index contributed by atoms with van der Waals surface area (Å²) in [5.41, 5.74) is 2.31. The van der Waals surface area contributed by atoms with Crippen LogP contribution in [0.15, 0.2) is 51.8 Å². The minimum Gasteiger partial charge on any atom is -0.452 e. The lowest BCUT2D eigenvalue weighted by Crippen LogP contribution is -2.31. The van der Waals surface area contributed by atoms with Crippen LogP contribution in [0.4, 0.5) is 5.69 Å². The maximum atomic E-state index is 11.9. The van der Waals surface area contributed by atoms with Crippen molar-refractivity contribution in [1.82, 2.24) is 9.56 Å². The van der Waals surface area contributed by atoms with Crippen molar-refractivity contribution in [3.63, 3.8) is 0 Å². The Hall–Kier alpha value is -2.74. The molecule has 2 aromatic rings. The van der Waals surface area contributed by atoms with E-state index in [1.165, 1.54) is 12.1 Å². The Labute approximate surface area is 229 Å². The molecule has 0 fully saturated rings. The first-order valence-electron chi connectivity index (χ1n) is 13.1. The van der Waals surface area contributed by atoms with Gasteiger partial charge in [0.15, 0.2) is 11.3 Å². The van der Waals surface area contributed by atoms with E-state index in [-0.39, 0.29) is 10.6 Å². The van der Waals surface area contributed by atoms with Crippen molar-refractivity contribution in [3.05, 3.63) is 47.8 Å². The highest BCUT2D eigenvalue weighted by Gasteiger charge is 2.19. The first kappa shape index (κ1) is 29.2. The standard InChI is InChI=1S/C27H35N3O7S2/c1-3-5-6-7-13-28-24-18-26-27(22-17-20(39(34,35)36)10-11-21(22)24)29-23-12-9-19(16-25(23)37-26)30(4-2)14-8-15-38(31,32)33/h9-12,16-18H,3-8,13-15H2,1-2H3,(H4,31,32,33,34,35,36)/p+1. The van der Waals surface area contributed by atoms with Crippen molar-refractivity contribution >= 4 is 48.5 Å². The molecule has 0 aromatic heterocycles. The molecule has 0 atom stereocenters. The number of nitrogens with one attached hydrogen (secondary N) is 1. The molecule has 1 aliphatic heterocycles. The van der Waals surface area contributed by atoms with Crippen LogP contribution in [0.25, 0.3) is 33.3 Å². The molecular formula is C27H36N3O7S2+. The van der Waals surface area contributed by atoms with Gasteiger partial charge < -0.3 is 23.4 Å². The summed E-state index contributed by atoms with van der Waals surface area (Å²) in [5.74, 6) is 0.435. The molecule has 0 spiro atoms. The van der Waals surface area contributed by atoms with Crippen molar-refractivity contribution < 1.29 is 31.0 Å². The van der Waals surface area contributed by atoms with Gasteiger partial charge in [0, 0.05) is 41.6 Å². The fourth-order valence-corrected chi connectivity index (χ4v) is 5.69. The van der Waals surface area contributed by atoms with E-state index in [4.69, 9.17) is 9.40 Å². The van der Waals surface area contributed by atoms with Gasteiger partial charge in [-0.3, -0.25) is 4.55 Å². The van der Waals surface area contributed by atoms with Crippen LogP contribution in [0.1, 0.15) is 46.0 Å². The fourth-order valence-electron chi connectivity index (χ4n) is 4.67. The van der Waals surface area contributed by atoms with E-state index >= 15 is 0 Å². The van der Waals surface area contributed by atoms with Gasteiger partial charge in [0.1, 0.15) is 24.3 Å². The van der Waals surface area contributed by atoms with Gasteiger partial charge in [-0.15, -0.1) is 0 Å². The lowest BCUT2D eigenvalue weighted by Gasteiger charge is -2.17. The van der Waals surface area contributed by atoms with Crippen LogP contribution in [0.2, 0.25) is 0 Å². The van der Waals surface area contributed by atoms with E-state index in [1.54, 1.807) is 6.07 Å². The minimum absolute atomic E-state index is 0.0967. The van der Waals surface area contributed by atoms with E-state index in [2.05, 4.69) is 12.2 Å². The summed E-state index contributed by atoms with van der Waals surface area (Å²) in [5, 5.41) is 5.63. The van der Waals surface area contributed by atoms with Gasteiger partial charge in [-0.1, -0.05) is 32.3 Å². The Morgan fingerprint density at radius 3 is 2.41 bits per heavy atom. The zero-order valence-corrected chi connectivity index (χ0v) is 23.8. The molecule has 5 N–H and O–H groups in total. The van der Waals surface area contributed by atoms with Crippen LogP contribution >= 0.6 is 10.9 Å². The summed E-state index contributed by atoms with van der Waals surface area (Å²) in [6, 6.07) is 11.9. The van der Waals surface area contributed by atoms with Crippen molar-refractivity contribution in [2.45, 2.75) is 50.8 Å². The summed E-state index contributed by atoms with van der Waals surface area (Å²) < 4.78 is 69.6. The molecule has 0 amide bonds. The smallest absolute Gasteiger partial charge is 0.294 e. The molecule has 12 heteroatoms. The first-order chi connectivity index (χ1) is 18.5. The molecule has 2 aliphatic rings. The third-order valence-corrected chi connectivity index (χ3v) is 8.36. The maximum Gasteiger partial charge on any atom is 0.294 e. The van der Waals surface area contributed by atoms with Crippen LogP contribution in [0.5, 0.6) is 0 Å². The number of rotatable bonds is 12. The molecule has 0 bridgehead atoms. The van der Waals surface area contributed by atoms with Gasteiger partial charge in [-0.25, -0.2) is 9.56 Å². The highest BCUT2D eigenvalue weighted by atomic mass is 32.3. The first-order valence-corrected chi connectivity index (χ1v) is 16.2. The Bertz CT molecular complexity index is 1610. The van der Waals surface area contributed by atoms with Crippen molar-refractivity contribution in [1.29, 1.82) is 0 Å². The number of benzene rings is 3. The van der Waals surface area contributed by atoms with Gasteiger partial charge in [0.25, 0.3) is 10.1 Å². The molecule has 1 heterocycles. The molecule has 0 saturated carbocycles. The maximum absolute atomic E-state index is 11.9. The number of nitrogens with zero attached hydrogens (tertiary/aromatic N) is 2. The largest absolute Gasteiger partial charge is 0.452 e. The SMILES string of the molecule is CCCCCCNc1cc2oc3cc(=[N+](CC)CCCS(O)(O)O)ccc-3nc2c2cc(S(=O)(=O)O)ccc12. The van der Waals surface area contributed by atoms with E-state index in [0.29, 0.717) is 47.5 Å². The van der Waals surface area contributed by atoms with Crippen molar-refractivity contribution in [2.75, 3.05) is 30.7 Å². The predicted octanol–water partition coefficient (Wildman–Crippen LogP) is 5.73. The Morgan fingerprint density at radius 2 is 1.72 bits per heavy atom. The number of anilines is 1. The number of unbranched alkanes of at least 4 members (excludes halogenated alkanes) is 3. The average Bonchev–Trinajstić information content (AvgIpc) is 2.88. The lowest BCUT2D eigenvalue weighted by molar-refractivity contribution is 0.373. The highest BCUT2D eigenvalue weighted by Crippen LogP contribution is 2.35. The van der Waals surface area contributed by atoms with Gasteiger partial charge in [-0.05, 0) is 31.5 Å². The second kappa shape index (κ2) is 12.2. The summed E-state index contributed by atoms with van der Waals surface area (Å²) in [6.07, 6.45) is 4.78. The predicted molar refractivity (Wildman–Crippen MR) is 156 cm³/mol. The molecule has 0 radical (unpaired) electrons. The zero-order valence-electron chi connectivity index (χ0n) is 22.1. The van der Waals surface area contributed by atoms with Crippen molar-refractivity contribution in [2.24, 2.45) is 0 Å². The van der Waals surface area contributed by atoms with Crippen LogP contribution in [-0.2, 0) is 10.1 Å². The minimum atomic E-state index is -4.41. The van der Waals surface area contributed by atoms with Gasteiger partial charge >= 0.3 is 0 Å². The molecule has 212 valence electrons. The normalized spacial score (nSPS) is 13.8. The molecule has 0 saturated heterocycles. The summed E-state index contributed by atoms with van der Waals surface area (Å²) in [7, 11) is -7.94. The summed E-state index contributed by atoms with van der Waals surface area (Å²) in [4.78, 5) is 4.58. The van der Waals surface area contributed by atoms with Crippen LogP contribution < -0.4 is 15.2 Å². The van der Waals surface area contributed by atoms with Crippen LogP contribution in [0, 0.1) is 0 Å². The van der Waals surface area contributed by atoms with Gasteiger partial charge in [-0.2, -0.15) is 8.42 Å². The second-order valence-electron chi connectivity index (χ2n) is 9.58. The van der Waals surface area contributed by atoms with Crippen LogP contribution in [-0.4, -0.2) is 57.0 Å². The second-order valence-corrected chi connectivity index (χ2v) is 12.7. The topological polar surface area (TPSA) is 156 Å². The molecule has 0 unspecified atom stereocenters. The molecular weight excluding hydrogens is 542 g/mol. The molecule has 10 nitrogen and oxygen atoms in total. The monoisotopic (exact) mass is 578 g/mol. The number of aromatic nitrogens is 1. The fraction of sp³-hybridized carbons (Fsp3) is 0.407. The quantitative estimate of drug-likeness (QED) is 0.0466. The summed E-state index contributed by atoms with van der Waals surface area (Å²) in [6.45, 7) is 6.05. The van der Waals surface area contributed by atoms with Gasteiger partial charge in [0.05, 0.1) is 27.6 Å². The van der Waals surface area contributed by atoms with E-state index < -0.39 is 21.0 Å². The van der Waals surface area contributed by atoms with E-state index in [9.17, 15) is 26.6 Å². The average molecular weight is 579 g/mol. The Morgan fingerprint density at radius 1 is 0.923 bits per heavy atom. The van der Waals surface area contributed by atoms with Crippen molar-refractivity contribution in [3.8, 4) is 11.5 Å².